The molecule has 0 spiro atoms. The van der Waals surface area contributed by atoms with Gasteiger partial charge in [-0.15, -0.1) is 10.2 Å². The van der Waals surface area contributed by atoms with Gasteiger partial charge in [0.1, 0.15) is 12.1 Å². The van der Waals surface area contributed by atoms with E-state index in [1.807, 2.05) is 50.6 Å². The van der Waals surface area contributed by atoms with Gasteiger partial charge in [-0.25, -0.2) is 0 Å². The quantitative estimate of drug-likeness (QED) is 0.796. The average Bonchev–Trinajstić information content (AvgIpc) is 3.18. The first-order chi connectivity index (χ1) is 11.5. The number of rotatable bonds is 4. The molecule has 1 aromatic carbocycles. The molecule has 2 heterocycles. The summed E-state index contributed by atoms with van der Waals surface area (Å²) in [5.74, 6) is 1.31. The Kier molecular flexibility index (Phi) is 4.16. The lowest BCUT2D eigenvalue weighted by Crippen LogP contribution is -2.13. The molecule has 0 aliphatic heterocycles. The minimum absolute atomic E-state index is 0.181. The molecule has 0 radical (unpaired) electrons. The Morgan fingerprint density at radius 2 is 2.12 bits per heavy atom. The van der Waals surface area contributed by atoms with E-state index in [9.17, 15) is 4.79 Å². The fourth-order valence-corrected chi connectivity index (χ4v) is 2.40. The number of hydrogen-bond acceptors (Lipinski definition) is 5. The normalized spacial score (nSPS) is 11.0. The van der Waals surface area contributed by atoms with Crippen LogP contribution in [0.5, 0.6) is 0 Å². The Hall–Kier alpha value is -2.96. The monoisotopic (exact) mass is 325 g/mol. The van der Waals surface area contributed by atoms with Crippen molar-refractivity contribution in [1.29, 1.82) is 0 Å². The van der Waals surface area contributed by atoms with E-state index in [2.05, 4.69) is 20.7 Å². The largest absolute Gasteiger partial charge is 0.360 e. The minimum atomic E-state index is -0.302. The molecule has 0 atom stereocenters. The maximum atomic E-state index is 12.4. The summed E-state index contributed by atoms with van der Waals surface area (Å²) in [5, 5.41) is 14.7. The third-order valence-corrected chi connectivity index (χ3v) is 3.86. The zero-order valence-electron chi connectivity index (χ0n) is 14.1. The molecule has 0 saturated carbocycles. The lowest BCUT2D eigenvalue weighted by atomic mass is 10.1. The van der Waals surface area contributed by atoms with Crippen molar-refractivity contribution in [3.63, 3.8) is 0 Å². The maximum Gasteiger partial charge on any atom is 0.277 e. The van der Waals surface area contributed by atoms with Crippen LogP contribution in [0.15, 0.2) is 35.1 Å². The fourth-order valence-electron chi connectivity index (χ4n) is 2.40. The lowest BCUT2D eigenvalue weighted by molar-refractivity contribution is 0.101. The van der Waals surface area contributed by atoms with E-state index in [1.165, 1.54) is 0 Å². The van der Waals surface area contributed by atoms with Gasteiger partial charge in [0, 0.05) is 30.3 Å². The number of aryl methyl sites for hydroxylation is 1. The Morgan fingerprint density at radius 3 is 2.75 bits per heavy atom. The number of benzene rings is 1. The van der Waals surface area contributed by atoms with Gasteiger partial charge in [0.25, 0.3) is 5.91 Å². The lowest BCUT2D eigenvalue weighted by Gasteiger charge is -2.11. The molecular formula is C17H19N5O2. The van der Waals surface area contributed by atoms with Gasteiger partial charge < -0.3 is 14.4 Å². The average molecular weight is 325 g/mol. The second kappa shape index (κ2) is 6.27. The van der Waals surface area contributed by atoms with Crippen LogP contribution in [0, 0.1) is 6.92 Å². The van der Waals surface area contributed by atoms with Crippen molar-refractivity contribution in [3.8, 4) is 11.4 Å². The zero-order chi connectivity index (χ0) is 17.3. The topological polar surface area (TPSA) is 85.8 Å². The van der Waals surface area contributed by atoms with Crippen LogP contribution in [-0.2, 0) is 7.05 Å². The SMILES string of the molecule is Cc1c(NC(=O)c2cc(C(C)C)on2)cccc1-c1nncn1C. The molecular weight excluding hydrogens is 306 g/mol. The van der Waals surface area contributed by atoms with E-state index < -0.39 is 0 Å². The summed E-state index contributed by atoms with van der Waals surface area (Å²) >= 11 is 0. The molecule has 1 N–H and O–H groups in total. The molecule has 0 aliphatic rings. The number of aromatic nitrogens is 4. The van der Waals surface area contributed by atoms with Gasteiger partial charge in [-0.05, 0) is 18.6 Å². The highest BCUT2D eigenvalue weighted by Gasteiger charge is 2.17. The predicted octanol–water partition coefficient (Wildman–Crippen LogP) is 3.15. The summed E-state index contributed by atoms with van der Waals surface area (Å²) in [5.41, 5.74) is 2.79. The van der Waals surface area contributed by atoms with Crippen molar-refractivity contribution in [3.05, 3.63) is 47.6 Å². The minimum Gasteiger partial charge on any atom is -0.360 e. The molecule has 124 valence electrons. The van der Waals surface area contributed by atoms with Crippen LogP contribution >= 0.6 is 0 Å². The molecule has 0 fully saturated rings. The summed E-state index contributed by atoms with van der Waals surface area (Å²) in [7, 11) is 1.88. The standard InChI is InChI=1S/C17H19N5O2/c1-10(2)15-8-14(21-24-15)17(23)19-13-7-5-6-12(11(13)3)16-20-18-9-22(16)4/h5-10H,1-4H3,(H,19,23). The van der Waals surface area contributed by atoms with Crippen molar-refractivity contribution in [1.82, 2.24) is 19.9 Å². The van der Waals surface area contributed by atoms with Gasteiger partial charge in [-0.2, -0.15) is 0 Å². The first-order valence-electron chi connectivity index (χ1n) is 7.69. The molecule has 0 saturated heterocycles. The van der Waals surface area contributed by atoms with Gasteiger partial charge in [0.05, 0.1) is 0 Å². The smallest absolute Gasteiger partial charge is 0.277 e. The summed E-state index contributed by atoms with van der Waals surface area (Å²) in [6, 6.07) is 7.33. The summed E-state index contributed by atoms with van der Waals surface area (Å²) in [6.45, 7) is 5.90. The highest BCUT2D eigenvalue weighted by molar-refractivity contribution is 6.03. The molecule has 3 aromatic rings. The molecule has 24 heavy (non-hydrogen) atoms. The van der Waals surface area contributed by atoms with Gasteiger partial charge >= 0.3 is 0 Å². The number of carbonyl (C=O) groups is 1. The molecule has 0 aliphatic carbocycles. The zero-order valence-corrected chi connectivity index (χ0v) is 14.1. The highest BCUT2D eigenvalue weighted by atomic mass is 16.5. The van der Waals surface area contributed by atoms with Crippen LogP contribution < -0.4 is 5.32 Å². The van der Waals surface area contributed by atoms with E-state index in [-0.39, 0.29) is 17.5 Å². The summed E-state index contributed by atoms with van der Waals surface area (Å²) < 4.78 is 7.01. The molecule has 7 heteroatoms. The van der Waals surface area contributed by atoms with Crippen LogP contribution in [0.3, 0.4) is 0 Å². The summed E-state index contributed by atoms with van der Waals surface area (Å²) in [6.07, 6.45) is 1.64. The van der Waals surface area contributed by atoms with Crippen LogP contribution in [0.1, 0.15) is 41.6 Å². The molecule has 0 unspecified atom stereocenters. The first-order valence-corrected chi connectivity index (χ1v) is 7.69. The Labute approximate surface area is 139 Å². The molecule has 1 amide bonds. The number of amides is 1. The Balaban J connectivity index is 1.87. The van der Waals surface area contributed by atoms with E-state index in [0.717, 1.165) is 17.0 Å². The maximum absolute atomic E-state index is 12.4. The second-order valence-corrected chi connectivity index (χ2v) is 5.97. The second-order valence-electron chi connectivity index (χ2n) is 5.97. The van der Waals surface area contributed by atoms with Crippen molar-refractivity contribution in [2.45, 2.75) is 26.7 Å². The number of hydrogen-bond donors (Lipinski definition) is 1. The van der Waals surface area contributed by atoms with Crippen molar-refractivity contribution >= 4 is 11.6 Å². The van der Waals surface area contributed by atoms with Gasteiger partial charge in [-0.1, -0.05) is 31.1 Å². The van der Waals surface area contributed by atoms with Crippen molar-refractivity contribution in [2.24, 2.45) is 7.05 Å². The van der Waals surface area contributed by atoms with Crippen LogP contribution in [0.4, 0.5) is 5.69 Å². The molecule has 2 aromatic heterocycles. The highest BCUT2D eigenvalue weighted by Crippen LogP contribution is 2.27. The Bertz CT molecular complexity index is 879. The molecule has 7 nitrogen and oxygen atoms in total. The van der Waals surface area contributed by atoms with E-state index in [0.29, 0.717) is 11.4 Å². The van der Waals surface area contributed by atoms with E-state index in [1.54, 1.807) is 12.4 Å². The third kappa shape index (κ3) is 2.92. The first kappa shape index (κ1) is 15.9. The van der Waals surface area contributed by atoms with Gasteiger partial charge in [-0.3, -0.25) is 4.79 Å². The van der Waals surface area contributed by atoms with Gasteiger partial charge in [0.2, 0.25) is 0 Å². The van der Waals surface area contributed by atoms with Crippen LogP contribution in [0.2, 0.25) is 0 Å². The van der Waals surface area contributed by atoms with Crippen molar-refractivity contribution < 1.29 is 9.32 Å². The fraction of sp³-hybridized carbons (Fsp3) is 0.294. The van der Waals surface area contributed by atoms with Crippen LogP contribution in [0.25, 0.3) is 11.4 Å². The third-order valence-electron chi connectivity index (χ3n) is 3.86. The van der Waals surface area contributed by atoms with Gasteiger partial charge in [0.15, 0.2) is 11.5 Å². The van der Waals surface area contributed by atoms with Crippen molar-refractivity contribution in [2.75, 3.05) is 5.32 Å². The number of nitrogens with one attached hydrogen (secondary N) is 1. The number of anilines is 1. The number of carbonyl (C=O) groups excluding carboxylic acids is 1. The van der Waals surface area contributed by atoms with Crippen LogP contribution in [-0.4, -0.2) is 25.8 Å². The van der Waals surface area contributed by atoms with E-state index >= 15 is 0 Å². The summed E-state index contributed by atoms with van der Waals surface area (Å²) in [4.78, 5) is 12.4. The Morgan fingerprint density at radius 1 is 1.33 bits per heavy atom. The molecule has 0 bridgehead atoms. The molecule has 3 rings (SSSR count). The number of nitrogens with zero attached hydrogens (tertiary/aromatic N) is 4. The predicted molar refractivity (Wildman–Crippen MR) is 89.7 cm³/mol. The van der Waals surface area contributed by atoms with E-state index in [4.69, 9.17) is 4.52 Å².